The van der Waals surface area contributed by atoms with Gasteiger partial charge in [0, 0.05) is 0 Å². The van der Waals surface area contributed by atoms with E-state index in [4.69, 9.17) is 0 Å². The second-order valence-electron chi connectivity index (χ2n) is 5.43. The van der Waals surface area contributed by atoms with Crippen LogP contribution in [0.4, 0.5) is 0 Å². The molecule has 2 saturated carbocycles. The van der Waals surface area contributed by atoms with E-state index in [9.17, 15) is 0 Å². The fourth-order valence-electron chi connectivity index (χ4n) is 2.72. The highest BCUT2D eigenvalue weighted by atomic mass is 14.4. The van der Waals surface area contributed by atoms with Gasteiger partial charge in [0.15, 0.2) is 0 Å². The molecule has 0 amide bonds. The lowest BCUT2D eigenvalue weighted by molar-refractivity contribution is 0.215. The first kappa shape index (κ1) is 8.59. The summed E-state index contributed by atoms with van der Waals surface area (Å²) >= 11 is 0. The molecule has 0 nitrogen and oxygen atoms in total. The molecule has 2 fully saturated rings. The Kier molecular flexibility index (Phi) is 2.18. The predicted octanol–water partition coefficient (Wildman–Crippen LogP) is 4.00. The van der Waals surface area contributed by atoms with Crippen molar-refractivity contribution in [3.63, 3.8) is 0 Å². The van der Waals surface area contributed by atoms with E-state index >= 15 is 0 Å². The zero-order valence-corrected chi connectivity index (χ0v) is 8.60. The molecule has 0 aromatic carbocycles. The smallest absolute Gasteiger partial charge is 0.0300 e. The summed E-state index contributed by atoms with van der Waals surface area (Å²) in [5.74, 6) is 2.13. The molecule has 2 atom stereocenters. The van der Waals surface area contributed by atoms with E-state index in [1.807, 2.05) is 0 Å². The van der Waals surface area contributed by atoms with Crippen molar-refractivity contribution in [3.8, 4) is 0 Å². The third-order valence-electron chi connectivity index (χ3n) is 4.40. The Balaban J connectivity index is 1.82. The monoisotopic (exact) mass is 166 g/mol. The Morgan fingerprint density at radius 1 is 1.25 bits per heavy atom. The molecule has 0 radical (unpaired) electrons. The van der Waals surface area contributed by atoms with E-state index in [-0.39, 0.29) is 0 Å². The molecular formula is C12H22. The molecule has 0 spiro atoms. The molecule has 0 aliphatic heterocycles. The van der Waals surface area contributed by atoms with Crippen molar-refractivity contribution < 1.29 is 0 Å². The molecule has 0 bridgehead atoms. The van der Waals surface area contributed by atoms with Gasteiger partial charge in [-0.25, -0.2) is 0 Å². The van der Waals surface area contributed by atoms with Crippen LogP contribution in [0.25, 0.3) is 0 Å². The minimum atomic E-state index is 0.725. The van der Waals surface area contributed by atoms with Crippen molar-refractivity contribution in [2.45, 2.75) is 58.8 Å². The first-order chi connectivity index (χ1) is 5.71. The lowest BCUT2D eigenvalue weighted by Gasteiger charge is -2.29. The topological polar surface area (TPSA) is 0 Å². The molecule has 0 saturated heterocycles. The molecule has 2 unspecified atom stereocenters. The SMILES string of the molecule is CC1CCCC1(C)CCC1CC1. The van der Waals surface area contributed by atoms with Gasteiger partial charge < -0.3 is 0 Å². The molecular weight excluding hydrogens is 144 g/mol. The Labute approximate surface area is 76.7 Å². The summed E-state index contributed by atoms with van der Waals surface area (Å²) in [5, 5.41) is 0. The van der Waals surface area contributed by atoms with Crippen LogP contribution in [0.2, 0.25) is 0 Å². The minimum Gasteiger partial charge on any atom is -0.0620 e. The van der Waals surface area contributed by atoms with Gasteiger partial charge in [0.05, 0.1) is 0 Å². The molecule has 2 aliphatic rings. The van der Waals surface area contributed by atoms with Crippen LogP contribution >= 0.6 is 0 Å². The van der Waals surface area contributed by atoms with Crippen molar-refractivity contribution in [3.05, 3.63) is 0 Å². The molecule has 2 rings (SSSR count). The van der Waals surface area contributed by atoms with Gasteiger partial charge in [-0.2, -0.15) is 0 Å². The van der Waals surface area contributed by atoms with Gasteiger partial charge >= 0.3 is 0 Å². The second kappa shape index (κ2) is 3.05. The number of hydrogen-bond donors (Lipinski definition) is 0. The van der Waals surface area contributed by atoms with Crippen molar-refractivity contribution in [1.29, 1.82) is 0 Å². The predicted molar refractivity (Wildman–Crippen MR) is 53.1 cm³/mol. The molecule has 0 N–H and O–H groups in total. The highest BCUT2D eigenvalue weighted by Crippen LogP contribution is 2.48. The fraction of sp³-hybridized carbons (Fsp3) is 1.00. The Hall–Kier alpha value is 0. The Morgan fingerprint density at radius 2 is 2.00 bits per heavy atom. The molecule has 0 heterocycles. The summed E-state index contributed by atoms with van der Waals surface area (Å²) < 4.78 is 0. The van der Waals surface area contributed by atoms with E-state index in [1.54, 1.807) is 0 Å². The van der Waals surface area contributed by atoms with Gasteiger partial charge in [0.25, 0.3) is 0 Å². The molecule has 12 heavy (non-hydrogen) atoms. The Morgan fingerprint density at radius 3 is 2.50 bits per heavy atom. The van der Waals surface area contributed by atoms with E-state index < -0.39 is 0 Å². The average molecular weight is 166 g/mol. The van der Waals surface area contributed by atoms with Crippen LogP contribution in [-0.2, 0) is 0 Å². The normalized spacial score (nSPS) is 42.0. The maximum atomic E-state index is 2.52. The van der Waals surface area contributed by atoms with Gasteiger partial charge in [0.1, 0.15) is 0 Å². The lowest BCUT2D eigenvalue weighted by atomic mass is 9.76. The van der Waals surface area contributed by atoms with Crippen LogP contribution in [0.1, 0.15) is 58.8 Å². The van der Waals surface area contributed by atoms with Crippen LogP contribution in [0, 0.1) is 17.3 Å². The second-order valence-corrected chi connectivity index (χ2v) is 5.43. The van der Waals surface area contributed by atoms with E-state index in [0.717, 1.165) is 17.3 Å². The summed E-state index contributed by atoms with van der Waals surface area (Å²) in [4.78, 5) is 0. The lowest BCUT2D eigenvalue weighted by Crippen LogP contribution is -2.19. The van der Waals surface area contributed by atoms with Gasteiger partial charge in [-0.3, -0.25) is 0 Å². The maximum Gasteiger partial charge on any atom is -0.0300 e. The molecule has 0 aromatic rings. The van der Waals surface area contributed by atoms with E-state index in [2.05, 4.69) is 13.8 Å². The van der Waals surface area contributed by atoms with Crippen LogP contribution in [0.15, 0.2) is 0 Å². The zero-order chi connectivity index (χ0) is 8.60. The van der Waals surface area contributed by atoms with Gasteiger partial charge in [-0.1, -0.05) is 39.5 Å². The molecule has 2 aliphatic carbocycles. The first-order valence-corrected chi connectivity index (χ1v) is 5.71. The highest BCUT2D eigenvalue weighted by Gasteiger charge is 2.36. The van der Waals surface area contributed by atoms with Crippen LogP contribution < -0.4 is 0 Å². The van der Waals surface area contributed by atoms with Crippen LogP contribution in [-0.4, -0.2) is 0 Å². The summed E-state index contributed by atoms with van der Waals surface area (Å²) in [5.41, 5.74) is 0.725. The fourth-order valence-corrected chi connectivity index (χ4v) is 2.72. The van der Waals surface area contributed by atoms with Crippen molar-refractivity contribution in [2.75, 3.05) is 0 Å². The maximum absolute atomic E-state index is 2.52. The summed E-state index contributed by atoms with van der Waals surface area (Å²) in [6, 6.07) is 0. The molecule has 0 heteroatoms. The van der Waals surface area contributed by atoms with Gasteiger partial charge in [-0.15, -0.1) is 0 Å². The third kappa shape index (κ3) is 1.67. The quantitative estimate of drug-likeness (QED) is 0.594. The number of hydrogen-bond acceptors (Lipinski definition) is 0. The molecule has 0 aromatic heterocycles. The highest BCUT2D eigenvalue weighted by molar-refractivity contribution is 4.87. The summed E-state index contributed by atoms with van der Waals surface area (Å²) in [6.07, 6.45) is 10.6. The zero-order valence-electron chi connectivity index (χ0n) is 8.60. The minimum absolute atomic E-state index is 0.725. The standard InChI is InChI=1S/C12H22/c1-10-4-3-8-12(10,2)9-7-11-5-6-11/h10-11H,3-9H2,1-2H3. The van der Waals surface area contributed by atoms with E-state index in [0.29, 0.717) is 0 Å². The molecule has 70 valence electrons. The van der Waals surface area contributed by atoms with Crippen molar-refractivity contribution >= 4 is 0 Å². The summed E-state index contributed by atoms with van der Waals surface area (Å²) in [7, 11) is 0. The van der Waals surface area contributed by atoms with Crippen molar-refractivity contribution in [1.82, 2.24) is 0 Å². The summed E-state index contributed by atoms with van der Waals surface area (Å²) in [6.45, 7) is 4.98. The number of rotatable bonds is 3. The van der Waals surface area contributed by atoms with Gasteiger partial charge in [0.2, 0.25) is 0 Å². The third-order valence-corrected chi connectivity index (χ3v) is 4.40. The first-order valence-electron chi connectivity index (χ1n) is 5.71. The van der Waals surface area contributed by atoms with Crippen LogP contribution in [0.3, 0.4) is 0 Å². The average Bonchev–Trinajstić information content (AvgIpc) is 2.79. The van der Waals surface area contributed by atoms with E-state index in [1.165, 1.54) is 44.9 Å². The largest absolute Gasteiger partial charge is 0.0620 e. The van der Waals surface area contributed by atoms with Gasteiger partial charge in [-0.05, 0) is 36.5 Å². The van der Waals surface area contributed by atoms with Crippen molar-refractivity contribution in [2.24, 2.45) is 17.3 Å². The Bertz CT molecular complexity index is 157. The van der Waals surface area contributed by atoms with Crippen LogP contribution in [0.5, 0.6) is 0 Å².